The lowest BCUT2D eigenvalue weighted by atomic mass is 10.8. The van der Waals surface area contributed by atoms with Gasteiger partial charge in [0.2, 0.25) is 5.13 Å². The molecule has 1 N–H and O–H groups in total. The Morgan fingerprint density at radius 3 is 3.00 bits per heavy atom. The summed E-state index contributed by atoms with van der Waals surface area (Å²) in [6.45, 7) is 2.23. The molecular formula is C8H13N3O2S2. The van der Waals surface area contributed by atoms with Gasteiger partial charge in [-0.3, -0.25) is 4.79 Å². The summed E-state index contributed by atoms with van der Waals surface area (Å²) in [5.41, 5.74) is 0. The van der Waals surface area contributed by atoms with E-state index < -0.39 is 0 Å². The second-order valence-corrected chi connectivity index (χ2v) is 4.60. The fraction of sp³-hybridized carbons (Fsp3) is 0.625. The number of nitrogens with zero attached hydrogens (tertiary/aromatic N) is 2. The minimum absolute atomic E-state index is 0.180. The van der Waals surface area contributed by atoms with Crippen molar-refractivity contribution in [3.63, 3.8) is 0 Å². The molecule has 1 rings (SSSR count). The van der Waals surface area contributed by atoms with E-state index in [0.717, 1.165) is 10.1 Å². The van der Waals surface area contributed by atoms with Gasteiger partial charge in [-0.05, 0) is 6.92 Å². The fourth-order valence-electron chi connectivity index (χ4n) is 0.837. The van der Waals surface area contributed by atoms with Crippen LogP contribution >= 0.6 is 23.1 Å². The van der Waals surface area contributed by atoms with Crippen LogP contribution in [0.4, 0.5) is 5.13 Å². The summed E-state index contributed by atoms with van der Waals surface area (Å²) >= 11 is 2.98. The van der Waals surface area contributed by atoms with Gasteiger partial charge in [0.15, 0.2) is 0 Å². The van der Waals surface area contributed by atoms with Gasteiger partial charge in [-0.2, -0.15) is 0 Å². The molecule has 0 aliphatic rings. The molecule has 0 saturated carbocycles. The van der Waals surface area contributed by atoms with Crippen LogP contribution in [0.25, 0.3) is 0 Å². The summed E-state index contributed by atoms with van der Waals surface area (Å²) < 4.78 is 4.80. The first-order chi connectivity index (χ1) is 7.26. The van der Waals surface area contributed by atoms with E-state index in [9.17, 15) is 4.79 Å². The molecule has 7 heteroatoms. The molecule has 0 unspecified atom stereocenters. The molecule has 5 nitrogen and oxygen atoms in total. The molecule has 0 amide bonds. The van der Waals surface area contributed by atoms with Crippen molar-refractivity contribution in [1.29, 1.82) is 0 Å². The molecule has 0 bridgehead atoms. The molecule has 0 spiro atoms. The Labute approximate surface area is 96.6 Å². The first-order valence-corrected chi connectivity index (χ1v) is 6.47. The molecule has 0 fully saturated rings. The highest BCUT2D eigenvalue weighted by atomic mass is 32.2. The molecule has 84 valence electrons. The Morgan fingerprint density at radius 1 is 1.60 bits per heavy atom. The molecular weight excluding hydrogens is 234 g/mol. The molecule has 15 heavy (non-hydrogen) atoms. The lowest BCUT2D eigenvalue weighted by molar-refractivity contribution is -0.139. The summed E-state index contributed by atoms with van der Waals surface area (Å²) in [5.74, 6) is 0.876. The van der Waals surface area contributed by atoms with Gasteiger partial charge in [-0.25, -0.2) is 0 Å². The van der Waals surface area contributed by atoms with Gasteiger partial charge in [0, 0.05) is 12.8 Å². The van der Waals surface area contributed by atoms with E-state index in [1.807, 2.05) is 0 Å². The van der Waals surface area contributed by atoms with E-state index in [0.29, 0.717) is 18.1 Å². The number of rotatable bonds is 6. The van der Waals surface area contributed by atoms with E-state index in [1.165, 1.54) is 23.1 Å². The molecule has 1 heterocycles. The average molecular weight is 247 g/mol. The van der Waals surface area contributed by atoms with Crippen molar-refractivity contribution in [2.45, 2.75) is 12.7 Å². The number of thioether (sulfide) groups is 1. The quantitative estimate of drug-likeness (QED) is 0.766. The van der Waals surface area contributed by atoms with Gasteiger partial charge in [-0.1, -0.05) is 11.3 Å². The van der Waals surface area contributed by atoms with Crippen molar-refractivity contribution >= 4 is 34.2 Å². The van der Waals surface area contributed by atoms with E-state index in [1.54, 1.807) is 14.0 Å². The number of nitrogens with one attached hydrogen (secondary N) is 1. The van der Waals surface area contributed by atoms with Crippen molar-refractivity contribution in [3.05, 3.63) is 5.01 Å². The molecule has 0 atom stereocenters. The number of carbonyl (C=O) groups excluding carboxylic acids is 1. The highest BCUT2D eigenvalue weighted by Crippen LogP contribution is 2.19. The third kappa shape index (κ3) is 4.48. The summed E-state index contributed by atoms with van der Waals surface area (Å²) in [6.07, 6.45) is 0. The number of ether oxygens (including phenoxy) is 1. The third-order valence-corrected chi connectivity index (χ3v) is 3.47. The zero-order valence-electron chi connectivity index (χ0n) is 8.65. The van der Waals surface area contributed by atoms with Crippen LogP contribution in [-0.2, 0) is 15.3 Å². The number of aromatic nitrogens is 2. The molecule has 1 aromatic rings. The van der Waals surface area contributed by atoms with Crippen LogP contribution in [-0.4, -0.2) is 35.6 Å². The number of hydrogen-bond donors (Lipinski definition) is 1. The SMILES string of the molecule is CCOC(=O)CSCc1nnc(NC)s1. The lowest BCUT2D eigenvalue weighted by Crippen LogP contribution is -2.06. The summed E-state index contributed by atoms with van der Waals surface area (Å²) in [4.78, 5) is 11.0. The predicted octanol–water partition coefficient (Wildman–Crippen LogP) is 1.38. The highest BCUT2D eigenvalue weighted by molar-refractivity contribution is 7.99. The topological polar surface area (TPSA) is 64.1 Å². The first-order valence-electron chi connectivity index (χ1n) is 4.49. The van der Waals surface area contributed by atoms with Gasteiger partial charge in [0.05, 0.1) is 12.4 Å². The first kappa shape index (κ1) is 12.3. The van der Waals surface area contributed by atoms with E-state index in [2.05, 4.69) is 15.5 Å². The second kappa shape index (κ2) is 6.62. The largest absolute Gasteiger partial charge is 0.465 e. The molecule has 0 aliphatic carbocycles. The summed E-state index contributed by atoms with van der Waals surface area (Å²) in [7, 11) is 1.80. The van der Waals surface area contributed by atoms with Crippen LogP contribution in [0.1, 0.15) is 11.9 Å². The monoisotopic (exact) mass is 247 g/mol. The summed E-state index contributed by atoms with van der Waals surface area (Å²) in [5, 5.41) is 12.5. The van der Waals surface area contributed by atoms with Crippen molar-refractivity contribution < 1.29 is 9.53 Å². The Hall–Kier alpha value is -0.820. The van der Waals surface area contributed by atoms with Crippen molar-refractivity contribution in [2.75, 3.05) is 24.7 Å². The maximum absolute atomic E-state index is 11.0. The maximum atomic E-state index is 11.0. The van der Waals surface area contributed by atoms with Crippen molar-refractivity contribution in [3.8, 4) is 0 Å². The van der Waals surface area contributed by atoms with Crippen molar-refractivity contribution in [1.82, 2.24) is 10.2 Å². The Morgan fingerprint density at radius 2 is 2.40 bits per heavy atom. The number of carbonyl (C=O) groups is 1. The number of esters is 1. The zero-order chi connectivity index (χ0) is 11.1. The second-order valence-electron chi connectivity index (χ2n) is 2.55. The highest BCUT2D eigenvalue weighted by Gasteiger charge is 2.05. The molecule has 1 aromatic heterocycles. The Bertz CT molecular complexity index is 317. The van der Waals surface area contributed by atoms with Crippen LogP contribution in [0.15, 0.2) is 0 Å². The molecule has 0 aromatic carbocycles. The molecule has 0 saturated heterocycles. The van der Waals surface area contributed by atoms with E-state index in [-0.39, 0.29) is 5.97 Å². The van der Waals surface area contributed by atoms with E-state index in [4.69, 9.17) is 4.74 Å². The Kier molecular flexibility index (Phi) is 5.41. The van der Waals surface area contributed by atoms with Gasteiger partial charge in [-0.15, -0.1) is 22.0 Å². The van der Waals surface area contributed by atoms with E-state index >= 15 is 0 Å². The molecule has 0 aliphatic heterocycles. The van der Waals surface area contributed by atoms with Crippen molar-refractivity contribution in [2.24, 2.45) is 0 Å². The zero-order valence-corrected chi connectivity index (χ0v) is 10.3. The number of hydrogen-bond acceptors (Lipinski definition) is 7. The van der Waals surface area contributed by atoms with Crippen LogP contribution in [0, 0.1) is 0 Å². The van der Waals surface area contributed by atoms with Gasteiger partial charge >= 0.3 is 5.97 Å². The minimum atomic E-state index is -0.180. The summed E-state index contributed by atoms with van der Waals surface area (Å²) in [6, 6.07) is 0. The van der Waals surface area contributed by atoms with Crippen LogP contribution < -0.4 is 5.32 Å². The fourth-order valence-corrected chi connectivity index (χ4v) is 2.40. The van der Waals surface area contributed by atoms with Crippen LogP contribution in [0.2, 0.25) is 0 Å². The minimum Gasteiger partial charge on any atom is -0.465 e. The molecule has 0 radical (unpaired) electrons. The third-order valence-electron chi connectivity index (χ3n) is 1.43. The maximum Gasteiger partial charge on any atom is 0.315 e. The predicted molar refractivity (Wildman–Crippen MR) is 62.3 cm³/mol. The van der Waals surface area contributed by atoms with Gasteiger partial charge in [0.1, 0.15) is 5.01 Å². The standard InChI is InChI=1S/C8H13N3O2S2/c1-3-13-7(12)5-14-4-6-10-11-8(9-2)15-6/h3-5H2,1-2H3,(H,9,11). The Balaban J connectivity index is 2.22. The smallest absolute Gasteiger partial charge is 0.315 e. The average Bonchev–Trinajstić information content (AvgIpc) is 2.66. The normalized spacial score (nSPS) is 10.0. The van der Waals surface area contributed by atoms with Crippen LogP contribution in [0.5, 0.6) is 0 Å². The van der Waals surface area contributed by atoms with Gasteiger partial charge < -0.3 is 10.1 Å². The number of anilines is 1. The van der Waals surface area contributed by atoms with Crippen LogP contribution in [0.3, 0.4) is 0 Å². The van der Waals surface area contributed by atoms with Gasteiger partial charge in [0.25, 0.3) is 0 Å². The lowest BCUT2D eigenvalue weighted by Gasteiger charge is -1.99.